The maximum absolute atomic E-state index is 13.1. The molecule has 0 atom stereocenters. The molecule has 7 heteroatoms. The summed E-state index contributed by atoms with van der Waals surface area (Å²) in [6.07, 6.45) is 0.286. The van der Waals surface area contributed by atoms with Gasteiger partial charge in [-0.05, 0) is 13.8 Å². The maximum Gasteiger partial charge on any atom is 0.255 e. The van der Waals surface area contributed by atoms with E-state index in [9.17, 15) is 17.6 Å². The van der Waals surface area contributed by atoms with E-state index >= 15 is 0 Å². The van der Waals surface area contributed by atoms with E-state index < -0.39 is 34.9 Å². The summed E-state index contributed by atoms with van der Waals surface area (Å²) in [7, 11) is 1.47. The second-order valence-electron chi connectivity index (χ2n) is 4.21. The fraction of sp³-hybridized carbons (Fsp3) is 0.545. The molecular weight excluding hydrogens is 254 g/mol. The summed E-state index contributed by atoms with van der Waals surface area (Å²) in [4.78, 5) is 2.42. The first-order chi connectivity index (χ1) is 8.28. The first-order valence-electron chi connectivity index (χ1n) is 5.16. The van der Waals surface area contributed by atoms with Crippen molar-refractivity contribution in [3.05, 3.63) is 23.5 Å². The quantitative estimate of drug-likeness (QED) is 0.607. The summed E-state index contributed by atoms with van der Waals surface area (Å²) in [5.74, 6) is -7.88. The van der Waals surface area contributed by atoms with Gasteiger partial charge in [0.2, 0.25) is 11.6 Å². The van der Waals surface area contributed by atoms with E-state index in [-0.39, 0.29) is 13.0 Å². The smallest absolute Gasteiger partial charge is 0.255 e. The van der Waals surface area contributed by atoms with Crippen LogP contribution >= 0.6 is 0 Å². The van der Waals surface area contributed by atoms with E-state index in [4.69, 9.17) is 9.47 Å². The Labute approximate surface area is 102 Å². The van der Waals surface area contributed by atoms with Crippen molar-refractivity contribution in [3.8, 4) is 5.75 Å². The molecule has 3 nitrogen and oxygen atoms in total. The average Bonchev–Trinajstić information content (AvgIpc) is 2.31. The molecule has 0 aromatic carbocycles. The zero-order chi connectivity index (χ0) is 13.9. The predicted molar refractivity (Wildman–Crippen MR) is 55.3 cm³/mol. The number of halogens is 4. The third kappa shape index (κ3) is 3.32. The SMILES string of the molecule is COC(C)(C)CCOc1c(F)c(F)nc(F)c1F. The number of methoxy groups -OCH3 is 1. The minimum atomic E-state index is -1.74. The largest absolute Gasteiger partial charge is 0.487 e. The van der Waals surface area contributed by atoms with Gasteiger partial charge in [0, 0.05) is 13.5 Å². The van der Waals surface area contributed by atoms with Crippen molar-refractivity contribution in [1.82, 2.24) is 4.98 Å². The normalized spacial score (nSPS) is 11.7. The Morgan fingerprint density at radius 2 is 1.56 bits per heavy atom. The lowest BCUT2D eigenvalue weighted by Gasteiger charge is -2.22. The lowest BCUT2D eigenvalue weighted by Crippen LogP contribution is -2.25. The molecule has 0 N–H and O–H groups in total. The number of rotatable bonds is 5. The molecule has 1 rings (SSSR count). The monoisotopic (exact) mass is 267 g/mol. The van der Waals surface area contributed by atoms with Crippen LogP contribution in [0.1, 0.15) is 20.3 Å². The third-order valence-corrected chi connectivity index (χ3v) is 2.46. The van der Waals surface area contributed by atoms with Gasteiger partial charge in [0.25, 0.3) is 11.9 Å². The van der Waals surface area contributed by atoms with Crippen molar-refractivity contribution >= 4 is 0 Å². The zero-order valence-electron chi connectivity index (χ0n) is 10.2. The van der Waals surface area contributed by atoms with Crippen LogP contribution in [-0.4, -0.2) is 24.3 Å². The van der Waals surface area contributed by atoms with E-state index in [0.29, 0.717) is 0 Å². The standard InChI is InChI=1S/C11H13F4NO2/c1-11(2,17-3)4-5-18-8-6(12)9(14)16-10(15)7(8)13/h4-5H2,1-3H3. The molecule has 102 valence electrons. The molecule has 0 spiro atoms. The maximum atomic E-state index is 13.1. The Hall–Kier alpha value is -1.37. The second kappa shape index (κ2) is 5.51. The highest BCUT2D eigenvalue weighted by Crippen LogP contribution is 2.25. The molecule has 0 aliphatic rings. The number of aromatic nitrogens is 1. The van der Waals surface area contributed by atoms with Gasteiger partial charge in [0.15, 0.2) is 5.75 Å². The van der Waals surface area contributed by atoms with Crippen molar-refractivity contribution in [2.45, 2.75) is 25.9 Å². The minimum absolute atomic E-state index is 0.155. The van der Waals surface area contributed by atoms with Crippen LogP contribution in [0.5, 0.6) is 5.75 Å². The van der Waals surface area contributed by atoms with Crippen molar-refractivity contribution in [2.75, 3.05) is 13.7 Å². The van der Waals surface area contributed by atoms with Crippen LogP contribution in [0.15, 0.2) is 0 Å². The Morgan fingerprint density at radius 3 is 2.00 bits per heavy atom. The molecule has 1 aromatic rings. The van der Waals surface area contributed by atoms with E-state index in [1.807, 2.05) is 0 Å². The van der Waals surface area contributed by atoms with Gasteiger partial charge >= 0.3 is 0 Å². The molecule has 0 saturated heterocycles. The molecule has 0 saturated carbocycles. The number of nitrogens with zero attached hydrogens (tertiary/aromatic N) is 1. The summed E-state index contributed by atoms with van der Waals surface area (Å²) >= 11 is 0. The molecule has 1 heterocycles. The second-order valence-corrected chi connectivity index (χ2v) is 4.21. The van der Waals surface area contributed by atoms with E-state index in [2.05, 4.69) is 4.98 Å². The van der Waals surface area contributed by atoms with Gasteiger partial charge in [0.05, 0.1) is 12.2 Å². The summed E-state index contributed by atoms with van der Waals surface area (Å²) < 4.78 is 61.6. The zero-order valence-corrected chi connectivity index (χ0v) is 10.2. The first kappa shape index (κ1) is 14.7. The van der Waals surface area contributed by atoms with Crippen LogP contribution < -0.4 is 4.74 Å². The van der Waals surface area contributed by atoms with Gasteiger partial charge in [-0.15, -0.1) is 0 Å². The summed E-state index contributed by atoms with van der Waals surface area (Å²) in [5, 5.41) is 0. The van der Waals surface area contributed by atoms with E-state index in [1.54, 1.807) is 13.8 Å². The lowest BCUT2D eigenvalue weighted by atomic mass is 10.1. The molecule has 0 unspecified atom stereocenters. The van der Waals surface area contributed by atoms with Crippen LogP contribution in [0.3, 0.4) is 0 Å². The molecule has 0 fully saturated rings. The van der Waals surface area contributed by atoms with Gasteiger partial charge in [0.1, 0.15) is 0 Å². The van der Waals surface area contributed by atoms with Gasteiger partial charge in [-0.3, -0.25) is 0 Å². The summed E-state index contributed by atoms with van der Waals surface area (Å²) in [6.45, 7) is 3.31. The average molecular weight is 267 g/mol. The number of ether oxygens (including phenoxy) is 2. The van der Waals surface area contributed by atoms with Crippen LogP contribution in [0, 0.1) is 23.5 Å². The van der Waals surface area contributed by atoms with E-state index in [1.165, 1.54) is 7.11 Å². The van der Waals surface area contributed by atoms with Gasteiger partial charge < -0.3 is 9.47 Å². The fourth-order valence-electron chi connectivity index (χ4n) is 1.10. The number of pyridine rings is 1. The molecule has 0 bridgehead atoms. The minimum Gasteiger partial charge on any atom is -0.487 e. The third-order valence-electron chi connectivity index (χ3n) is 2.46. The highest BCUT2D eigenvalue weighted by atomic mass is 19.2. The topological polar surface area (TPSA) is 31.4 Å². The Morgan fingerprint density at radius 1 is 1.06 bits per heavy atom. The molecule has 18 heavy (non-hydrogen) atoms. The summed E-state index contributed by atoms with van der Waals surface area (Å²) in [5.41, 5.74) is -0.572. The number of hydrogen-bond acceptors (Lipinski definition) is 3. The van der Waals surface area contributed by atoms with E-state index in [0.717, 1.165) is 0 Å². The predicted octanol–water partition coefficient (Wildman–Crippen LogP) is 2.83. The van der Waals surface area contributed by atoms with Crippen molar-refractivity contribution in [1.29, 1.82) is 0 Å². The molecule has 0 aliphatic carbocycles. The Balaban J connectivity index is 2.80. The van der Waals surface area contributed by atoms with Crippen molar-refractivity contribution in [3.63, 3.8) is 0 Å². The highest BCUT2D eigenvalue weighted by molar-refractivity contribution is 5.24. The molecule has 0 radical (unpaired) electrons. The van der Waals surface area contributed by atoms with Gasteiger partial charge in [-0.2, -0.15) is 22.5 Å². The molecule has 0 aliphatic heterocycles. The van der Waals surface area contributed by atoms with Gasteiger partial charge in [-0.25, -0.2) is 0 Å². The van der Waals surface area contributed by atoms with Gasteiger partial charge in [-0.1, -0.05) is 0 Å². The van der Waals surface area contributed by atoms with Crippen LogP contribution in [0.25, 0.3) is 0 Å². The highest BCUT2D eigenvalue weighted by Gasteiger charge is 2.23. The van der Waals surface area contributed by atoms with Crippen molar-refractivity contribution in [2.24, 2.45) is 0 Å². The Kier molecular flexibility index (Phi) is 4.50. The van der Waals surface area contributed by atoms with Crippen LogP contribution in [0.4, 0.5) is 17.6 Å². The van der Waals surface area contributed by atoms with Crippen LogP contribution in [0.2, 0.25) is 0 Å². The number of hydrogen-bond donors (Lipinski definition) is 0. The molecule has 0 amide bonds. The fourth-order valence-corrected chi connectivity index (χ4v) is 1.10. The lowest BCUT2D eigenvalue weighted by molar-refractivity contribution is 0.00462. The summed E-state index contributed by atoms with van der Waals surface area (Å²) in [6, 6.07) is 0. The van der Waals surface area contributed by atoms with Crippen molar-refractivity contribution < 1.29 is 27.0 Å². The Bertz CT molecular complexity index is 411. The van der Waals surface area contributed by atoms with Crippen LogP contribution in [-0.2, 0) is 4.74 Å². The first-order valence-corrected chi connectivity index (χ1v) is 5.16. The molecule has 1 aromatic heterocycles. The molecular formula is C11H13F4NO2.